The average molecular weight is 238 g/mol. The Kier molecular flexibility index (Phi) is 3.42. The van der Waals surface area contributed by atoms with E-state index in [1.165, 1.54) is 0 Å². The van der Waals surface area contributed by atoms with Crippen LogP contribution in [0.15, 0.2) is 0 Å². The molecular weight excluding hydrogens is 220 g/mol. The van der Waals surface area contributed by atoms with Crippen molar-refractivity contribution >= 4 is 5.91 Å². The van der Waals surface area contributed by atoms with Gasteiger partial charge in [-0.05, 0) is 13.3 Å². The zero-order valence-corrected chi connectivity index (χ0v) is 10.5. The van der Waals surface area contributed by atoms with Gasteiger partial charge in [-0.3, -0.25) is 4.79 Å². The summed E-state index contributed by atoms with van der Waals surface area (Å²) in [6.45, 7) is 6.17. The number of rotatable bonds is 4. The van der Waals surface area contributed by atoms with Crippen molar-refractivity contribution in [3.8, 4) is 0 Å². The Labute approximate surface area is 101 Å². The van der Waals surface area contributed by atoms with Crippen LogP contribution in [-0.2, 0) is 11.3 Å². The van der Waals surface area contributed by atoms with Crippen molar-refractivity contribution in [1.29, 1.82) is 0 Å². The predicted molar refractivity (Wildman–Crippen MR) is 61.6 cm³/mol. The lowest BCUT2D eigenvalue weighted by Crippen LogP contribution is -2.40. The molecule has 6 nitrogen and oxygen atoms in total. The maximum Gasteiger partial charge on any atom is 0.291 e. The number of hydrogen-bond acceptors (Lipinski definition) is 4. The van der Waals surface area contributed by atoms with Gasteiger partial charge < -0.3 is 14.2 Å². The average Bonchev–Trinajstić information content (AvgIpc) is 2.76. The minimum absolute atomic E-state index is 0.0385. The summed E-state index contributed by atoms with van der Waals surface area (Å²) in [6.07, 6.45) is 0.734. The lowest BCUT2D eigenvalue weighted by Gasteiger charge is -2.27. The van der Waals surface area contributed by atoms with Gasteiger partial charge in [0.2, 0.25) is 5.82 Å². The van der Waals surface area contributed by atoms with Crippen molar-refractivity contribution in [1.82, 2.24) is 19.7 Å². The van der Waals surface area contributed by atoms with E-state index in [4.69, 9.17) is 4.74 Å². The number of carbonyl (C=O) groups is 1. The number of ether oxygens (including phenoxy) is 1. The smallest absolute Gasteiger partial charge is 0.291 e. The summed E-state index contributed by atoms with van der Waals surface area (Å²) in [6, 6.07) is 0. The van der Waals surface area contributed by atoms with Crippen molar-refractivity contribution in [2.45, 2.75) is 32.9 Å². The fraction of sp³-hybridized carbons (Fsp3) is 0.727. The third-order valence-electron chi connectivity index (χ3n) is 3.18. The molecule has 2 rings (SSSR count). The van der Waals surface area contributed by atoms with Gasteiger partial charge in [-0.25, -0.2) is 0 Å². The van der Waals surface area contributed by atoms with E-state index in [9.17, 15) is 4.79 Å². The fourth-order valence-electron chi connectivity index (χ4n) is 2.15. The molecule has 1 aromatic rings. The second kappa shape index (κ2) is 4.83. The first-order valence-corrected chi connectivity index (χ1v) is 5.98. The van der Waals surface area contributed by atoms with Gasteiger partial charge in [-0.15, -0.1) is 10.2 Å². The summed E-state index contributed by atoms with van der Waals surface area (Å²) in [5.74, 6) is 1.15. The number of likely N-dealkylation sites (N-methyl/N-ethyl adjacent to an activating group) is 1. The van der Waals surface area contributed by atoms with E-state index in [1.54, 1.807) is 12.0 Å². The molecular formula is C11H18N4O2. The van der Waals surface area contributed by atoms with Crippen LogP contribution in [0.4, 0.5) is 0 Å². The van der Waals surface area contributed by atoms with Gasteiger partial charge in [-0.2, -0.15) is 0 Å². The van der Waals surface area contributed by atoms with Gasteiger partial charge in [0.15, 0.2) is 5.82 Å². The normalized spacial score (nSPS) is 17.1. The standard InChI is InChI=1S/C11H18N4O2/c1-4-8(17-3)9-12-13-10-11(16)14(5-2)6-7-15(9)10/h8H,4-7H2,1-3H3. The molecule has 94 valence electrons. The molecule has 0 aromatic carbocycles. The lowest BCUT2D eigenvalue weighted by atomic mass is 10.2. The molecule has 0 bridgehead atoms. The Morgan fingerprint density at radius 3 is 2.71 bits per heavy atom. The van der Waals surface area contributed by atoms with Gasteiger partial charge in [0.05, 0.1) is 0 Å². The monoisotopic (exact) mass is 238 g/mol. The van der Waals surface area contributed by atoms with Crippen LogP contribution in [-0.4, -0.2) is 45.8 Å². The molecule has 0 N–H and O–H groups in total. The molecule has 0 aliphatic carbocycles. The summed E-state index contributed by atoms with van der Waals surface area (Å²) >= 11 is 0. The van der Waals surface area contributed by atoms with Gasteiger partial charge in [-0.1, -0.05) is 6.92 Å². The SMILES string of the molecule is CCC(OC)c1nnc2n1CCN(CC)C2=O. The van der Waals surface area contributed by atoms with Gasteiger partial charge in [0.1, 0.15) is 6.10 Å². The first kappa shape index (κ1) is 12.0. The van der Waals surface area contributed by atoms with Crippen LogP contribution >= 0.6 is 0 Å². The van der Waals surface area contributed by atoms with Crippen molar-refractivity contribution in [3.63, 3.8) is 0 Å². The third-order valence-corrected chi connectivity index (χ3v) is 3.18. The number of nitrogens with zero attached hydrogens (tertiary/aromatic N) is 4. The van der Waals surface area contributed by atoms with Crippen molar-refractivity contribution < 1.29 is 9.53 Å². The van der Waals surface area contributed by atoms with Crippen LogP contribution in [0.5, 0.6) is 0 Å². The molecule has 0 saturated heterocycles. The fourth-order valence-corrected chi connectivity index (χ4v) is 2.15. The number of aromatic nitrogens is 3. The first-order chi connectivity index (χ1) is 8.22. The van der Waals surface area contributed by atoms with E-state index in [1.807, 2.05) is 18.4 Å². The van der Waals surface area contributed by atoms with E-state index >= 15 is 0 Å². The molecule has 0 saturated carbocycles. The highest BCUT2D eigenvalue weighted by molar-refractivity contribution is 5.91. The Morgan fingerprint density at radius 2 is 2.12 bits per heavy atom. The van der Waals surface area contributed by atoms with E-state index in [0.29, 0.717) is 18.9 Å². The van der Waals surface area contributed by atoms with Crippen molar-refractivity contribution in [3.05, 3.63) is 11.6 Å². The number of methoxy groups -OCH3 is 1. The Bertz CT molecular complexity index is 412. The van der Waals surface area contributed by atoms with Gasteiger partial charge >= 0.3 is 0 Å². The molecule has 0 spiro atoms. The lowest BCUT2D eigenvalue weighted by molar-refractivity contribution is 0.0679. The topological polar surface area (TPSA) is 60.3 Å². The molecule has 1 aliphatic rings. The highest BCUT2D eigenvalue weighted by Gasteiger charge is 2.29. The molecule has 1 aliphatic heterocycles. The molecule has 1 aromatic heterocycles. The molecule has 1 atom stereocenters. The van der Waals surface area contributed by atoms with Crippen LogP contribution in [0.25, 0.3) is 0 Å². The summed E-state index contributed by atoms with van der Waals surface area (Å²) in [5, 5.41) is 8.09. The third kappa shape index (κ3) is 1.93. The number of hydrogen-bond donors (Lipinski definition) is 0. The number of fused-ring (bicyclic) bond motifs is 1. The number of carbonyl (C=O) groups excluding carboxylic acids is 1. The Morgan fingerprint density at radius 1 is 1.35 bits per heavy atom. The molecule has 1 amide bonds. The van der Waals surface area contributed by atoms with E-state index < -0.39 is 0 Å². The molecule has 6 heteroatoms. The maximum atomic E-state index is 12.0. The zero-order chi connectivity index (χ0) is 12.4. The summed E-state index contributed by atoms with van der Waals surface area (Å²) in [5.41, 5.74) is 0. The quantitative estimate of drug-likeness (QED) is 0.780. The van der Waals surface area contributed by atoms with E-state index in [2.05, 4.69) is 10.2 Å². The molecule has 0 fully saturated rings. The largest absolute Gasteiger partial charge is 0.373 e. The van der Waals surface area contributed by atoms with E-state index in [0.717, 1.165) is 18.8 Å². The summed E-state index contributed by atoms with van der Waals surface area (Å²) < 4.78 is 7.23. The molecule has 17 heavy (non-hydrogen) atoms. The molecule has 2 heterocycles. The maximum absolute atomic E-state index is 12.0. The second-order valence-electron chi connectivity index (χ2n) is 4.05. The summed E-state index contributed by atoms with van der Waals surface area (Å²) in [7, 11) is 1.65. The Balaban J connectivity index is 2.34. The van der Waals surface area contributed by atoms with Crippen LogP contribution < -0.4 is 0 Å². The minimum atomic E-state index is -0.0859. The highest BCUT2D eigenvalue weighted by atomic mass is 16.5. The highest BCUT2D eigenvalue weighted by Crippen LogP contribution is 2.21. The Hall–Kier alpha value is -1.43. The zero-order valence-electron chi connectivity index (χ0n) is 10.5. The van der Waals surface area contributed by atoms with Crippen LogP contribution in [0.2, 0.25) is 0 Å². The van der Waals surface area contributed by atoms with Crippen molar-refractivity contribution in [2.75, 3.05) is 20.2 Å². The molecule has 0 radical (unpaired) electrons. The first-order valence-electron chi connectivity index (χ1n) is 5.98. The molecule has 1 unspecified atom stereocenters. The van der Waals surface area contributed by atoms with Crippen LogP contribution in [0.1, 0.15) is 42.8 Å². The summed E-state index contributed by atoms with van der Waals surface area (Å²) in [4.78, 5) is 13.8. The van der Waals surface area contributed by atoms with Crippen LogP contribution in [0.3, 0.4) is 0 Å². The number of amides is 1. The minimum Gasteiger partial charge on any atom is -0.373 e. The van der Waals surface area contributed by atoms with Gasteiger partial charge in [0.25, 0.3) is 5.91 Å². The van der Waals surface area contributed by atoms with E-state index in [-0.39, 0.29) is 12.0 Å². The van der Waals surface area contributed by atoms with Gasteiger partial charge in [0, 0.05) is 26.7 Å². The second-order valence-corrected chi connectivity index (χ2v) is 4.05. The van der Waals surface area contributed by atoms with Crippen molar-refractivity contribution in [2.24, 2.45) is 0 Å². The predicted octanol–water partition coefficient (Wildman–Crippen LogP) is 0.851. The van der Waals surface area contributed by atoms with Crippen LogP contribution in [0, 0.1) is 0 Å².